The number of hydrogen-bond donors (Lipinski definition) is 0. The first-order valence-electron chi connectivity index (χ1n) is 10.1. The van der Waals surface area contributed by atoms with Crippen LogP contribution in [-0.2, 0) is 0 Å². The molecule has 0 spiro atoms. The van der Waals surface area contributed by atoms with Gasteiger partial charge in [0.25, 0.3) is 0 Å². The summed E-state index contributed by atoms with van der Waals surface area (Å²) in [6.07, 6.45) is 7.47. The minimum Gasteiger partial charge on any atom is -0.468 e. The van der Waals surface area contributed by atoms with Gasteiger partial charge in [0.1, 0.15) is 5.75 Å². The third-order valence-corrected chi connectivity index (χ3v) is 6.71. The van der Waals surface area contributed by atoms with E-state index in [1.165, 1.54) is 54.5 Å². The number of hydrogen-bond acceptors (Lipinski definition) is 3. The molecule has 1 aliphatic carbocycles. The Bertz CT molecular complexity index is 870. The molecule has 2 heterocycles. The molecule has 0 bridgehead atoms. The molecule has 0 amide bonds. The highest BCUT2D eigenvalue weighted by Gasteiger charge is 2.43. The fourth-order valence-electron chi connectivity index (χ4n) is 4.74. The second-order valence-corrected chi connectivity index (χ2v) is 9.02. The zero-order chi connectivity index (χ0) is 18.4. The number of benzene rings is 2. The molecule has 3 aliphatic rings. The standard InChI is InChI=1S/C23H25BrN2O/c1-15-7-9-16(10-8-15)20-14-21-19-13-18(24)11-12-22(19)27-23(26(21)25-20)17-5-3-2-4-6-17/h7-13,17,21,23H,2-6,14H2,1H3/t21-,23+/m0/s1. The van der Waals surface area contributed by atoms with Crippen molar-refractivity contribution >= 4 is 21.6 Å². The molecular weight excluding hydrogens is 400 g/mol. The van der Waals surface area contributed by atoms with Crippen molar-refractivity contribution < 1.29 is 4.74 Å². The fraction of sp³-hybridized carbons (Fsp3) is 0.435. The summed E-state index contributed by atoms with van der Waals surface area (Å²) in [7, 11) is 0. The Morgan fingerprint density at radius 3 is 2.59 bits per heavy atom. The van der Waals surface area contributed by atoms with Crippen LogP contribution in [0, 0.1) is 12.8 Å². The summed E-state index contributed by atoms with van der Waals surface area (Å²) in [6, 6.07) is 15.4. The Balaban J connectivity index is 1.53. The molecule has 2 aromatic carbocycles. The molecule has 0 unspecified atom stereocenters. The predicted molar refractivity (Wildman–Crippen MR) is 112 cm³/mol. The summed E-state index contributed by atoms with van der Waals surface area (Å²) < 4.78 is 7.64. The van der Waals surface area contributed by atoms with Crippen molar-refractivity contribution in [3.8, 4) is 5.75 Å². The Kier molecular flexibility index (Phi) is 4.47. The van der Waals surface area contributed by atoms with Crippen LogP contribution in [0.4, 0.5) is 0 Å². The summed E-state index contributed by atoms with van der Waals surface area (Å²) in [6.45, 7) is 2.13. The van der Waals surface area contributed by atoms with Gasteiger partial charge in [-0.3, -0.25) is 0 Å². The monoisotopic (exact) mass is 424 g/mol. The third-order valence-electron chi connectivity index (χ3n) is 6.22. The minimum absolute atomic E-state index is 0.0620. The van der Waals surface area contributed by atoms with E-state index in [4.69, 9.17) is 9.84 Å². The molecule has 2 atom stereocenters. The third kappa shape index (κ3) is 3.18. The van der Waals surface area contributed by atoms with Crippen molar-refractivity contribution in [1.82, 2.24) is 5.01 Å². The highest BCUT2D eigenvalue weighted by atomic mass is 79.9. The molecule has 5 rings (SSSR count). The first-order valence-corrected chi connectivity index (χ1v) is 10.9. The van der Waals surface area contributed by atoms with Crippen LogP contribution in [0.3, 0.4) is 0 Å². The topological polar surface area (TPSA) is 24.8 Å². The van der Waals surface area contributed by atoms with Gasteiger partial charge in [0, 0.05) is 22.4 Å². The predicted octanol–water partition coefficient (Wildman–Crippen LogP) is 6.21. The van der Waals surface area contributed by atoms with E-state index < -0.39 is 0 Å². The van der Waals surface area contributed by atoms with E-state index in [1.807, 2.05) is 0 Å². The maximum Gasteiger partial charge on any atom is 0.190 e. The summed E-state index contributed by atoms with van der Waals surface area (Å²) in [5.41, 5.74) is 4.95. The Labute approximate surface area is 169 Å². The lowest BCUT2D eigenvalue weighted by molar-refractivity contribution is -0.0644. The lowest BCUT2D eigenvalue weighted by atomic mass is 9.86. The van der Waals surface area contributed by atoms with Crippen molar-refractivity contribution in [3.63, 3.8) is 0 Å². The van der Waals surface area contributed by atoms with Crippen LogP contribution in [-0.4, -0.2) is 16.9 Å². The van der Waals surface area contributed by atoms with Crippen LogP contribution in [0.2, 0.25) is 0 Å². The number of nitrogens with zero attached hydrogens (tertiary/aromatic N) is 2. The van der Waals surface area contributed by atoms with Crippen molar-refractivity contribution in [2.75, 3.05) is 0 Å². The first kappa shape index (κ1) is 17.3. The van der Waals surface area contributed by atoms with Gasteiger partial charge in [-0.05, 0) is 43.5 Å². The molecule has 2 aliphatic heterocycles. The van der Waals surface area contributed by atoms with Crippen LogP contribution in [0.25, 0.3) is 0 Å². The van der Waals surface area contributed by atoms with Gasteiger partial charge in [-0.2, -0.15) is 5.10 Å². The average Bonchev–Trinajstić information content (AvgIpc) is 3.14. The van der Waals surface area contributed by atoms with Crippen LogP contribution < -0.4 is 4.74 Å². The molecule has 4 heteroatoms. The van der Waals surface area contributed by atoms with Gasteiger partial charge in [-0.1, -0.05) is 65.0 Å². The van der Waals surface area contributed by atoms with E-state index in [-0.39, 0.29) is 12.3 Å². The Morgan fingerprint density at radius 2 is 1.81 bits per heavy atom. The Morgan fingerprint density at radius 1 is 1.04 bits per heavy atom. The molecule has 140 valence electrons. The first-order chi connectivity index (χ1) is 13.2. The van der Waals surface area contributed by atoms with Gasteiger partial charge in [0.15, 0.2) is 6.23 Å². The van der Waals surface area contributed by atoms with Crippen molar-refractivity contribution in [2.45, 2.75) is 57.7 Å². The van der Waals surface area contributed by atoms with E-state index in [9.17, 15) is 0 Å². The highest BCUT2D eigenvalue weighted by molar-refractivity contribution is 9.10. The van der Waals surface area contributed by atoms with E-state index in [1.54, 1.807) is 0 Å². The molecule has 0 aromatic heterocycles. The molecule has 0 saturated heterocycles. The van der Waals surface area contributed by atoms with Crippen LogP contribution in [0.5, 0.6) is 5.75 Å². The van der Waals surface area contributed by atoms with Gasteiger partial charge < -0.3 is 4.74 Å². The second-order valence-electron chi connectivity index (χ2n) is 8.10. The number of hydrazone groups is 1. The van der Waals surface area contributed by atoms with Gasteiger partial charge in [-0.25, -0.2) is 5.01 Å². The molecule has 27 heavy (non-hydrogen) atoms. The van der Waals surface area contributed by atoms with E-state index in [0.29, 0.717) is 5.92 Å². The van der Waals surface area contributed by atoms with Crippen molar-refractivity contribution in [3.05, 3.63) is 63.6 Å². The normalized spacial score (nSPS) is 24.8. The van der Waals surface area contributed by atoms with Gasteiger partial charge in [0.2, 0.25) is 0 Å². The maximum atomic E-state index is 6.54. The SMILES string of the molecule is Cc1ccc(C2=NN3[C@@H](C4CCCCC4)Oc4ccc(Br)cc4[C@@H]3C2)cc1. The largest absolute Gasteiger partial charge is 0.468 e. The van der Waals surface area contributed by atoms with E-state index in [0.717, 1.165) is 16.6 Å². The fourth-order valence-corrected chi connectivity index (χ4v) is 5.12. The molecule has 0 N–H and O–H groups in total. The average molecular weight is 425 g/mol. The second kappa shape index (κ2) is 6.97. The smallest absolute Gasteiger partial charge is 0.190 e. The van der Waals surface area contributed by atoms with Crippen LogP contribution in [0.1, 0.15) is 61.3 Å². The highest BCUT2D eigenvalue weighted by Crippen LogP contribution is 2.47. The number of rotatable bonds is 2. The van der Waals surface area contributed by atoms with Gasteiger partial charge in [-0.15, -0.1) is 0 Å². The molecule has 0 radical (unpaired) electrons. The van der Waals surface area contributed by atoms with Crippen LogP contribution >= 0.6 is 15.9 Å². The van der Waals surface area contributed by atoms with Crippen molar-refractivity contribution in [1.29, 1.82) is 0 Å². The lowest BCUT2D eigenvalue weighted by Crippen LogP contribution is -2.45. The summed E-state index contributed by atoms with van der Waals surface area (Å²) in [5.74, 6) is 1.61. The summed E-state index contributed by atoms with van der Waals surface area (Å²) in [4.78, 5) is 0. The van der Waals surface area contributed by atoms with Crippen LogP contribution in [0.15, 0.2) is 52.0 Å². The number of aryl methyl sites for hydroxylation is 1. The van der Waals surface area contributed by atoms with Crippen molar-refractivity contribution in [2.24, 2.45) is 11.0 Å². The quantitative estimate of drug-likeness (QED) is 0.572. The Hall–Kier alpha value is -1.81. The molecule has 3 nitrogen and oxygen atoms in total. The number of halogens is 1. The van der Waals surface area contributed by atoms with Gasteiger partial charge in [0.05, 0.1) is 11.8 Å². The molecular formula is C23H25BrN2O. The van der Waals surface area contributed by atoms with Gasteiger partial charge >= 0.3 is 0 Å². The zero-order valence-electron chi connectivity index (χ0n) is 15.7. The maximum absolute atomic E-state index is 6.54. The van der Waals surface area contributed by atoms with E-state index >= 15 is 0 Å². The molecule has 1 saturated carbocycles. The number of ether oxygens (including phenoxy) is 1. The summed E-state index contributed by atoms with van der Waals surface area (Å²) >= 11 is 3.64. The van der Waals surface area contributed by atoms with E-state index in [2.05, 4.69) is 70.3 Å². The molecule has 1 fully saturated rings. The zero-order valence-corrected chi connectivity index (χ0v) is 17.3. The summed E-state index contributed by atoms with van der Waals surface area (Å²) in [5, 5.41) is 7.38. The number of fused-ring (bicyclic) bond motifs is 3. The minimum atomic E-state index is 0.0620. The molecule has 2 aromatic rings. The lowest BCUT2D eigenvalue weighted by Gasteiger charge is -2.42.